The summed E-state index contributed by atoms with van der Waals surface area (Å²) in [6.45, 7) is 0. The zero-order chi connectivity index (χ0) is 16.5. The molecule has 3 heterocycles. The second kappa shape index (κ2) is 7.10. The van der Waals surface area contributed by atoms with Gasteiger partial charge in [-0.1, -0.05) is 25.3 Å². The van der Waals surface area contributed by atoms with Crippen LogP contribution in [0.3, 0.4) is 0 Å². The van der Waals surface area contributed by atoms with Gasteiger partial charge in [0.15, 0.2) is 5.11 Å². The molecule has 2 fully saturated rings. The second-order valence-corrected chi connectivity index (χ2v) is 9.35. The van der Waals surface area contributed by atoms with Crippen molar-refractivity contribution in [1.82, 2.24) is 15.2 Å². The van der Waals surface area contributed by atoms with Crippen LogP contribution in [0.1, 0.15) is 54.8 Å². The van der Waals surface area contributed by atoms with Crippen molar-refractivity contribution in [2.24, 2.45) is 0 Å². The topological polar surface area (TPSA) is 28.2 Å². The summed E-state index contributed by atoms with van der Waals surface area (Å²) in [6.07, 6.45) is 8.30. The highest BCUT2D eigenvalue weighted by Gasteiger charge is 2.43. The van der Waals surface area contributed by atoms with Crippen molar-refractivity contribution in [3.63, 3.8) is 0 Å². The fraction of sp³-hybridized carbons (Fsp3) is 0.444. The normalized spacial score (nSPS) is 25.0. The van der Waals surface area contributed by atoms with Crippen LogP contribution in [0, 0.1) is 0 Å². The molecule has 0 radical (unpaired) electrons. The largest absolute Gasteiger partial charge is 0.352 e. The molecule has 24 heavy (non-hydrogen) atoms. The molecule has 0 bridgehead atoms. The van der Waals surface area contributed by atoms with Gasteiger partial charge in [0.1, 0.15) is 0 Å². The Morgan fingerprint density at radius 3 is 2.67 bits per heavy atom. The third kappa shape index (κ3) is 3.11. The molecule has 0 unspecified atom stereocenters. The lowest BCUT2D eigenvalue weighted by Gasteiger charge is -2.36. The van der Waals surface area contributed by atoms with Crippen molar-refractivity contribution in [3.8, 4) is 0 Å². The van der Waals surface area contributed by atoms with Gasteiger partial charge in [0.2, 0.25) is 0 Å². The van der Waals surface area contributed by atoms with Crippen LogP contribution in [-0.4, -0.2) is 21.0 Å². The SMILES string of the molecule is S=C1N[C@@H](c2ccccn2)[C@H](c2ccc(Br)s2)N1C1CCCCC1. The Bertz CT molecular complexity index is 712. The first-order valence-corrected chi connectivity index (χ1v) is 10.5. The summed E-state index contributed by atoms with van der Waals surface area (Å²) in [6, 6.07) is 11.4. The summed E-state index contributed by atoms with van der Waals surface area (Å²) in [5, 5.41) is 4.44. The average Bonchev–Trinajstić information content (AvgIpc) is 3.19. The van der Waals surface area contributed by atoms with Crippen molar-refractivity contribution >= 4 is 44.6 Å². The Morgan fingerprint density at radius 2 is 2.00 bits per heavy atom. The number of nitrogens with one attached hydrogen (secondary N) is 1. The van der Waals surface area contributed by atoms with Crippen molar-refractivity contribution in [3.05, 3.63) is 50.9 Å². The summed E-state index contributed by atoms with van der Waals surface area (Å²) in [7, 11) is 0. The minimum Gasteiger partial charge on any atom is -0.352 e. The Hall–Kier alpha value is -0.980. The van der Waals surface area contributed by atoms with E-state index in [2.05, 4.69) is 55.4 Å². The van der Waals surface area contributed by atoms with Gasteiger partial charge in [0.25, 0.3) is 0 Å². The maximum absolute atomic E-state index is 5.76. The fourth-order valence-corrected chi connectivity index (χ4v) is 5.86. The van der Waals surface area contributed by atoms with Gasteiger partial charge in [-0.3, -0.25) is 4.98 Å². The van der Waals surface area contributed by atoms with Crippen LogP contribution in [0.15, 0.2) is 40.3 Å². The van der Waals surface area contributed by atoms with E-state index in [9.17, 15) is 0 Å². The molecular weight excluding hydrogens is 402 g/mol. The number of thiocarbonyl (C=S) groups is 1. The Kier molecular flexibility index (Phi) is 4.88. The zero-order valence-corrected chi connectivity index (χ0v) is 16.5. The third-order valence-electron chi connectivity index (χ3n) is 4.99. The second-order valence-electron chi connectivity index (χ2n) is 6.47. The molecule has 1 saturated carbocycles. The van der Waals surface area contributed by atoms with Crippen LogP contribution >= 0.6 is 39.5 Å². The van der Waals surface area contributed by atoms with E-state index in [0.717, 1.165) is 10.8 Å². The van der Waals surface area contributed by atoms with Crippen LogP contribution in [0.5, 0.6) is 0 Å². The first-order valence-electron chi connectivity index (χ1n) is 8.49. The van der Waals surface area contributed by atoms with Crippen LogP contribution < -0.4 is 5.32 Å². The van der Waals surface area contributed by atoms with Gasteiger partial charge in [0.05, 0.1) is 21.6 Å². The molecule has 4 rings (SSSR count). The standard InChI is InChI=1S/C18H20BrN3S2/c19-15-10-9-14(24-15)17-16(13-8-4-5-11-20-13)21-18(23)22(17)12-6-2-1-3-7-12/h4-5,8-12,16-17H,1-3,6-7H2,(H,21,23)/t16-,17-/m0/s1. The van der Waals surface area contributed by atoms with Gasteiger partial charge < -0.3 is 10.2 Å². The van der Waals surface area contributed by atoms with Gasteiger partial charge in [-0.05, 0) is 65.3 Å². The predicted octanol–water partition coefficient (Wildman–Crippen LogP) is 5.21. The lowest BCUT2D eigenvalue weighted by atomic mass is 9.92. The van der Waals surface area contributed by atoms with Crippen molar-refractivity contribution < 1.29 is 0 Å². The molecule has 126 valence electrons. The molecular formula is C18H20BrN3S2. The molecule has 2 aromatic heterocycles. The van der Waals surface area contributed by atoms with Crippen LogP contribution in [0.2, 0.25) is 0 Å². The summed E-state index contributed by atoms with van der Waals surface area (Å²) in [5.41, 5.74) is 1.06. The molecule has 2 atom stereocenters. The monoisotopic (exact) mass is 421 g/mol. The molecule has 0 amide bonds. The van der Waals surface area contributed by atoms with Crippen LogP contribution in [0.4, 0.5) is 0 Å². The highest BCUT2D eigenvalue weighted by Crippen LogP contribution is 2.44. The number of nitrogens with zero attached hydrogens (tertiary/aromatic N) is 2. The summed E-state index contributed by atoms with van der Waals surface area (Å²) >= 11 is 11.2. The Labute approximate surface area is 160 Å². The lowest BCUT2D eigenvalue weighted by molar-refractivity contribution is 0.199. The molecule has 0 spiro atoms. The summed E-state index contributed by atoms with van der Waals surface area (Å²) < 4.78 is 1.17. The molecule has 2 aromatic rings. The lowest BCUT2D eigenvalue weighted by Crippen LogP contribution is -2.40. The smallest absolute Gasteiger partial charge is 0.170 e. The van der Waals surface area contributed by atoms with Gasteiger partial charge in [-0.2, -0.15) is 0 Å². The van der Waals surface area contributed by atoms with Gasteiger partial charge >= 0.3 is 0 Å². The molecule has 3 nitrogen and oxygen atoms in total. The van der Waals surface area contributed by atoms with Crippen molar-refractivity contribution in [2.45, 2.75) is 50.2 Å². The van der Waals surface area contributed by atoms with Gasteiger partial charge in [0, 0.05) is 17.1 Å². The maximum Gasteiger partial charge on any atom is 0.170 e. The quantitative estimate of drug-likeness (QED) is 0.688. The van der Waals surface area contributed by atoms with E-state index in [1.165, 1.54) is 40.8 Å². The summed E-state index contributed by atoms with van der Waals surface area (Å²) in [4.78, 5) is 8.41. The highest BCUT2D eigenvalue weighted by atomic mass is 79.9. The van der Waals surface area contributed by atoms with Gasteiger partial charge in [-0.25, -0.2) is 0 Å². The van der Waals surface area contributed by atoms with E-state index in [1.54, 1.807) is 11.3 Å². The third-order valence-corrected chi connectivity index (χ3v) is 7.01. The molecule has 2 aliphatic rings. The highest BCUT2D eigenvalue weighted by molar-refractivity contribution is 9.11. The molecule has 1 N–H and O–H groups in total. The van der Waals surface area contributed by atoms with E-state index in [-0.39, 0.29) is 12.1 Å². The van der Waals surface area contributed by atoms with E-state index < -0.39 is 0 Å². The summed E-state index contributed by atoms with van der Waals surface area (Å²) in [5.74, 6) is 0. The number of pyridine rings is 1. The number of thiophene rings is 1. The van der Waals surface area contributed by atoms with E-state index >= 15 is 0 Å². The van der Waals surface area contributed by atoms with E-state index in [4.69, 9.17) is 12.2 Å². The minimum absolute atomic E-state index is 0.117. The van der Waals surface area contributed by atoms with Crippen molar-refractivity contribution in [2.75, 3.05) is 0 Å². The van der Waals surface area contributed by atoms with E-state index in [0.29, 0.717) is 6.04 Å². The average molecular weight is 422 g/mol. The number of hydrogen-bond donors (Lipinski definition) is 1. The fourth-order valence-electron chi connectivity index (χ4n) is 3.91. The Balaban J connectivity index is 1.73. The Morgan fingerprint density at radius 1 is 1.17 bits per heavy atom. The molecule has 1 aliphatic carbocycles. The number of aromatic nitrogens is 1. The first-order chi connectivity index (χ1) is 11.7. The minimum atomic E-state index is 0.117. The van der Waals surface area contributed by atoms with Crippen LogP contribution in [0.25, 0.3) is 0 Å². The predicted molar refractivity (Wildman–Crippen MR) is 106 cm³/mol. The number of rotatable bonds is 3. The molecule has 1 saturated heterocycles. The number of halogens is 1. The van der Waals surface area contributed by atoms with Crippen molar-refractivity contribution in [1.29, 1.82) is 0 Å². The zero-order valence-electron chi connectivity index (χ0n) is 13.3. The van der Waals surface area contributed by atoms with Gasteiger partial charge in [-0.15, -0.1) is 11.3 Å². The maximum atomic E-state index is 5.76. The number of hydrogen-bond acceptors (Lipinski definition) is 3. The molecule has 6 heteroatoms. The van der Waals surface area contributed by atoms with Crippen LogP contribution in [-0.2, 0) is 0 Å². The molecule has 1 aliphatic heterocycles. The first kappa shape index (κ1) is 16.5. The molecule has 0 aromatic carbocycles. The van der Waals surface area contributed by atoms with E-state index in [1.807, 2.05) is 12.3 Å².